The summed E-state index contributed by atoms with van der Waals surface area (Å²) in [6.07, 6.45) is 0. The molecule has 20 nitrogen and oxygen atoms in total. The molecular formula is C12H5AgCuN6NaO14-2. The fourth-order valence-corrected chi connectivity index (χ4v) is 1.92. The minimum Gasteiger partial charge on any atom is -1.00 e. The van der Waals surface area contributed by atoms with E-state index in [0.29, 0.717) is 24.3 Å². The molecule has 0 atom stereocenters. The molecular weight excluding hydrogens is 647 g/mol. The van der Waals surface area contributed by atoms with Gasteiger partial charge >= 0.3 is 29.6 Å². The minimum absolute atomic E-state index is 0. The molecule has 0 fully saturated rings. The summed E-state index contributed by atoms with van der Waals surface area (Å²) in [5.74, 6) is -2.92. The molecule has 2 rings (SSSR count). The third-order valence-electron chi connectivity index (χ3n) is 3.28. The second-order valence-corrected chi connectivity index (χ2v) is 5.17. The molecule has 0 unspecified atom stereocenters. The Balaban J connectivity index is -0.000000256. The van der Waals surface area contributed by atoms with E-state index in [1.54, 1.807) is 0 Å². The standard InChI is InChI=1S/2C6H3N3O7.Ag.Cu.Na.H/c2*10-6-4(8(13)14)1-3(7(11)12)2-5(6)9(15)16;;;;/h2*1-2,10H;;;;/q;;;;+1;-1/p-2. The largest absolute Gasteiger partial charge is 1.00 e. The molecule has 0 aliphatic carbocycles. The molecule has 0 bridgehead atoms. The number of benzene rings is 2. The van der Waals surface area contributed by atoms with Crippen LogP contribution in [0.3, 0.4) is 0 Å². The van der Waals surface area contributed by atoms with Crippen molar-refractivity contribution in [1.29, 1.82) is 0 Å². The van der Waals surface area contributed by atoms with Gasteiger partial charge < -0.3 is 11.6 Å². The van der Waals surface area contributed by atoms with Crippen molar-refractivity contribution >= 4 is 34.1 Å². The summed E-state index contributed by atoms with van der Waals surface area (Å²) in [6.45, 7) is 0. The van der Waals surface area contributed by atoms with Gasteiger partial charge in [-0.3, -0.25) is 60.7 Å². The Bertz CT molecular complexity index is 1040. The first kappa shape index (κ1) is 36.3. The number of nitro groups is 6. The molecule has 2 aromatic rings. The maximum absolute atomic E-state index is 11.1. The minimum atomic E-state index is -1.46. The molecule has 192 valence electrons. The number of hydrogen-bond acceptors (Lipinski definition) is 14. The Hall–Kier alpha value is -3.30. The first-order valence-electron chi connectivity index (χ1n) is 7.25. The predicted molar refractivity (Wildman–Crippen MR) is 92.8 cm³/mol. The Morgan fingerprint density at radius 1 is 0.486 bits per heavy atom. The van der Waals surface area contributed by atoms with Gasteiger partial charge in [0.15, 0.2) is 0 Å². The van der Waals surface area contributed by atoms with Crippen LogP contribution in [0.5, 0.6) is 11.5 Å². The summed E-state index contributed by atoms with van der Waals surface area (Å²) in [7, 11) is 0. The predicted octanol–water partition coefficient (Wildman–Crippen LogP) is -1.92. The zero-order chi connectivity index (χ0) is 24.9. The zero-order valence-corrected chi connectivity index (χ0v) is 20.7. The molecule has 0 saturated carbocycles. The molecule has 0 spiro atoms. The van der Waals surface area contributed by atoms with Gasteiger partial charge in [0.05, 0.1) is 65.3 Å². The number of hydrogen-bond donors (Lipinski definition) is 0. The Morgan fingerprint density at radius 3 is 0.771 bits per heavy atom. The zero-order valence-electron chi connectivity index (χ0n) is 17.3. The Labute approximate surface area is 239 Å². The second-order valence-electron chi connectivity index (χ2n) is 5.17. The van der Waals surface area contributed by atoms with Gasteiger partial charge in [-0.05, 0) is 0 Å². The maximum Gasteiger partial charge on any atom is 1.00 e. The van der Waals surface area contributed by atoms with Crippen LogP contribution in [0.4, 0.5) is 34.1 Å². The van der Waals surface area contributed by atoms with E-state index >= 15 is 0 Å². The van der Waals surface area contributed by atoms with Crippen molar-refractivity contribution in [3.8, 4) is 11.5 Å². The number of nitrogens with zero attached hydrogens (tertiary/aromatic N) is 6. The van der Waals surface area contributed by atoms with Gasteiger partial charge in [0.1, 0.15) is 0 Å². The normalized spacial score (nSPS) is 8.91. The average Bonchev–Trinajstić information content (AvgIpc) is 2.67. The molecule has 0 aliphatic heterocycles. The monoisotopic (exact) mass is 650 g/mol. The van der Waals surface area contributed by atoms with Crippen LogP contribution in [0.15, 0.2) is 24.3 Å². The summed E-state index contributed by atoms with van der Waals surface area (Å²) in [5.41, 5.74) is -6.53. The van der Waals surface area contributed by atoms with Crippen molar-refractivity contribution in [2.24, 2.45) is 0 Å². The summed E-state index contributed by atoms with van der Waals surface area (Å²) in [6, 6.07) is 1.54. The average molecular weight is 652 g/mol. The van der Waals surface area contributed by atoms with Crippen LogP contribution in [0, 0.1) is 60.7 Å². The van der Waals surface area contributed by atoms with Gasteiger partial charge in [0, 0.05) is 39.4 Å². The third-order valence-corrected chi connectivity index (χ3v) is 3.28. The van der Waals surface area contributed by atoms with Crippen LogP contribution >= 0.6 is 0 Å². The smallest absolute Gasteiger partial charge is 1.00 e. The number of non-ortho nitro benzene ring substituents is 2. The SMILES string of the molecule is O=[N+]([O-])c1cc([N+](=O)[O-])c([O-])c([N+](=O)[O-])c1.O=[N+]([O-])c1cc([N+](=O)[O-])c([O-])c([N+](=O)[O-])c1.[Ag].[Cu].[H-].[Na+]. The van der Waals surface area contributed by atoms with E-state index in [9.17, 15) is 70.9 Å². The Morgan fingerprint density at radius 2 is 0.657 bits per heavy atom. The summed E-state index contributed by atoms with van der Waals surface area (Å²) in [4.78, 5) is 55.0. The molecule has 0 N–H and O–H groups in total. The van der Waals surface area contributed by atoms with Gasteiger partial charge in [-0.25, -0.2) is 0 Å². The van der Waals surface area contributed by atoms with Gasteiger partial charge in [0.2, 0.25) is 0 Å². The molecule has 0 saturated heterocycles. The first-order valence-corrected chi connectivity index (χ1v) is 7.25. The van der Waals surface area contributed by atoms with Crippen molar-refractivity contribution in [3.05, 3.63) is 85.0 Å². The van der Waals surface area contributed by atoms with Gasteiger partial charge in [-0.2, -0.15) is 0 Å². The van der Waals surface area contributed by atoms with Crippen LogP contribution < -0.4 is 39.8 Å². The number of rotatable bonds is 6. The van der Waals surface area contributed by atoms with Crippen LogP contribution in [-0.4, -0.2) is 29.5 Å². The molecule has 0 aliphatic rings. The van der Waals surface area contributed by atoms with Crippen LogP contribution in [0.25, 0.3) is 0 Å². The van der Waals surface area contributed by atoms with E-state index < -0.39 is 75.2 Å². The topological polar surface area (TPSA) is 305 Å². The molecule has 0 amide bonds. The quantitative estimate of drug-likeness (QED) is 0.187. The van der Waals surface area contributed by atoms with Gasteiger partial charge in [-0.1, -0.05) is 0 Å². The maximum atomic E-state index is 11.1. The summed E-state index contributed by atoms with van der Waals surface area (Å²) in [5, 5.41) is 84.2. The molecule has 23 heteroatoms. The van der Waals surface area contributed by atoms with Crippen molar-refractivity contribution in [3.63, 3.8) is 0 Å². The van der Waals surface area contributed by atoms with Crippen LogP contribution in [0.2, 0.25) is 0 Å². The molecule has 0 heterocycles. The second kappa shape index (κ2) is 14.9. The van der Waals surface area contributed by atoms with Crippen molar-refractivity contribution in [2.75, 3.05) is 0 Å². The molecule has 0 aromatic heterocycles. The van der Waals surface area contributed by atoms with E-state index in [1.807, 2.05) is 0 Å². The van der Waals surface area contributed by atoms with E-state index in [1.165, 1.54) is 0 Å². The summed E-state index contributed by atoms with van der Waals surface area (Å²) < 4.78 is 0. The fourth-order valence-electron chi connectivity index (χ4n) is 1.92. The first-order chi connectivity index (χ1) is 14.7. The van der Waals surface area contributed by atoms with Gasteiger partial charge in [0.25, 0.3) is 34.1 Å². The van der Waals surface area contributed by atoms with Crippen molar-refractivity contribution in [2.45, 2.75) is 0 Å². The van der Waals surface area contributed by atoms with E-state index in [-0.39, 0.29) is 70.4 Å². The van der Waals surface area contributed by atoms with E-state index in [0.717, 1.165) is 0 Å². The van der Waals surface area contributed by atoms with Gasteiger partial charge in [-0.15, -0.1) is 0 Å². The van der Waals surface area contributed by atoms with E-state index in [4.69, 9.17) is 0 Å². The molecule has 35 heavy (non-hydrogen) atoms. The summed E-state index contributed by atoms with van der Waals surface area (Å²) >= 11 is 0. The van der Waals surface area contributed by atoms with Crippen molar-refractivity contribution < 1.29 is 110 Å². The van der Waals surface area contributed by atoms with Crippen LogP contribution in [0.1, 0.15) is 1.43 Å². The molecule has 2 radical (unpaired) electrons. The Kier molecular flexibility index (Phi) is 15.4. The number of nitro benzene ring substituents is 6. The van der Waals surface area contributed by atoms with E-state index in [2.05, 4.69) is 0 Å². The molecule has 2 aromatic carbocycles. The van der Waals surface area contributed by atoms with Crippen LogP contribution in [-0.2, 0) is 39.4 Å². The third kappa shape index (κ3) is 9.10. The fraction of sp³-hybridized carbons (Fsp3) is 0. The van der Waals surface area contributed by atoms with Crippen molar-refractivity contribution in [1.82, 2.24) is 0 Å².